The second kappa shape index (κ2) is 9.48. The molecule has 5 heteroatoms. The monoisotopic (exact) mass is 435 g/mol. The molecule has 3 aromatic carbocycles. The molecule has 0 aliphatic carbocycles. The van der Waals surface area contributed by atoms with Gasteiger partial charge in [-0.2, -0.15) is 5.26 Å². The maximum atomic E-state index is 9.33. The number of para-hydroxylation sites is 2. The number of aryl methyl sites for hydroxylation is 1. The zero-order chi connectivity index (χ0) is 22.6. The molecular formula is C28H29N5. The lowest BCUT2D eigenvalue weighted by molar-refractivity contribution is 0.179. The number of rotatable bonds is 5. The topological polar surface area (TPSA) is 49.2 Å². The molecule has 0 bridgehead atoms. The summed E-state index contributed by atoms with van der Waals surface area (Å²) in [6.07, 6.45) is 4.14. The van der Waals surface area contributed by atoms with Crippen molar-refractivity contribution in [2.75, 3.05) is 13.1 Å². The summed E-state index contributed by atoms with van der Waals surface area (Å²) in [5.74, 6) is 0. The Morgan fingerprint density at radius 1 is 0.848 bits per heavy atom. The molecule has 4 aromatic rings. The fraction of sp³-hybridized carbons (Fsp3) is 0.286. The number of likely N-dealkylation sites (tertiary alicyclic amines) is 1. The van der Waals surface area contributed by atoms with E-state index in [0.717, 1.165) is 50.2 Å². The molecule has 1 aliphatic heterocycles. The Balaban J connectivity index is 1.31. The van der Waals surface area contributed by atoms with Gasteiger partial charge in [-0.3, -0.25) is 4.90 Å². The van der Waals surface area contributed by atoms with Crippen LogP contribution in [0.4, 0.5) is 0 Å². The minimum atomic E-state index is 0.353. The lowest BCUT2D eigenvalue weighted by Gasteiger charge is -2.33. The zero-order valence-electron chi connectivity index (χ0n) is 19.1. The van der Waals surface area contributed by atoms with Crippen LogP contribution in [-0.2, 0) is 13.1 Å². The van der Waals surface area contributed by atoms with Crippen LogP contribution in [0.25, 0.3) is 22.2 Å². The Hall–Kier alpha value is -3.62. The summed E-state index contributed by atoms with van der Waals surface area (Å²) in [5, 5.41) is 9.33. The first kappa shape index (κ1) is 21.2. The van der Waals surface area contributed by atoms with Crippen molar-refractivity contribution in [3.63, 3.8) is 0 Å². The molecule has 5 rings (SSSR count). The Kier molecular flexibility index (Phi) is 6.10. The van der Waals surface area contributed by atoms with Crippen molar-refractivity contribution in [3.05, 3.63) is 90.0 Å². The highest BCUT2D eigenvalue weighted by Crippen LogP contribution is 2.27. The van der Waals surface area contributed by atoms with Crippen LogP contribution >= 0.6 is 0 Å². The number of benzene rings is 3. The number of aromatic nitrogens is 2. The first-order valence-electron chi connectivity index (χ1n) is 11.8. The quantitative estimate of drug-likeness (QED) is 0.397. The van der Waals surface area contributed by atoms with Crippen LogP contribution in [0, 0.1) is 11.5 Å². The van der Waals surface area contributed by atoms with Crippen molar-refractivity contribution in [3.8, 4) is 17.3 Å². The van der Waals surface area contributed by atoms with E-state index in [-0.39, 0.29) is 0 Å². The van der Waals surface area contributed by atoms with Gasteiger partial charge in [0.05, 0.1) is 11.0 Å². The first-order chi connectivity index (χ1) is 16.3. The summed E-state index contributed by atoms with van der Waals surface area (Å²) >= 11 is 0. The molecule has 0 atom stereocenters. The van der Waals surface area contributed by atoms with Gasteiger partial charge in [0, 0.05) is 32.2 Å². The fourth-order valence-electron chi connectivity index (χ4n) is 5.10. The van der Waals surface area contributed by atoms with Crippen LogP contribution in [0.15, 0.2) is 83.9 Å². The van der Waals surface area contributed by atoms with E-state index in [9.17, 15) is 5.26 Å². The van der Waals surface area contributed by atoms with E-state index in [4.69, 9.17) is 0 Å². The molecule has 0 spiro atoms. The molecule has 0 N–H and O–H groups in total. The molecule has 5 nitrogen and oxygen atoms in total. The molecule has 1 saturated heterocycles. The van der Waals surface area contributed by atoms with Gasteiger partial charge in [-0.05, 0) is 48.6 Å². The number of imidazole rings is 1. The average molecular weight is 436 g/mol. The number of hydrogen-bond donors (Lipinski definition) is 0. The van der Waals surface area contributed by atoms with E-state index in [2.05, 4.69) is 105 Å². The van der Waals surface area contributed by atoms with E-state index in [1.807, 2.05) is 6.19 Å². The molecule has 0 radical (unpaired) electrons. The summed E-state index contributed by atoms with van der Waals surface area (Å²) in [5.41, 5.74) is 6.96. The lowest BCUT2D eigenvalue weighted by Crippen LogP contribution is -2.37. The van der Waals surface area contributed by atoms with Gasteiger partial charge in [0.25, 0.3) is 0 Å². The summed E-state index contributed by atoms with van der Waals surface area (Å²) in [6, 6.07) is 28.2. The predicted molar refractivity (Wildman–Crippen MR) is 132 cm³/mol. The molecule has 1 fully saturated rings. The van der Waals surface area contributed by atoms with E-state index in [1.54, 1.807) is 0 Å². The predicted octanol–water partition coefficient (Wildman–Crippen LogP) is 5.35. The minimum Gasteiger partial charge on any atom is -0.310 e. The van der Waals surface area contributed by atoms with Gasteiger partial charge < -0.3 is 9.13 Å². The van der Waals surface area contributed by atoms with Crippen LogP contribution < -0.4 is 5.62 Å². The Labute approximate surface area is 194 Å². The smallest absolute Gasteiger partial charge is 0.221 e. The maximum absolute atomic E-state index is 9.33. The van der Waals surface area contributed by atoms with Crippen LogP contribution in [0.2, 0.25) is 0 Å². The highest BCUT2D eigenvalue weighted by Gasteiger charge is 2.24. The molecule has 1 aromatic heterocycles. The van der Waals surface area contributed by atoms with Gasteiger partial charge in [-0.25, -0.2) is 0 Å². The molecule has 166 valence electrons. The summed E-state index contributed by atoms with van der Waals surface area (Å²) in [6.45, 7) is 5.95. The third-order valence-electron chi connectivity index (χ3n) is 6.74. The van der Waals surface area contributed by atoms with Gasteiger partial charge in [0.2, 0.25) is 11.8 Å². The Morgan fingerprint density at radius 2 is 1.48 bits per heavy atom. The van der Waals surface area contributed by atoms with Gasteiger partial charge in [-0.15, -0.1) is 4.99 Å². The standard InChI is InChI=1S/C28H29N5/c1-2-32-26-10-6-7-11-27(26)33(28(32)30-21-29)25-16-18-31(19-17-25)20-22-12-14-24(15-13-22)23-8-4-3-5-9-23/h3-15,25H,2,16-20H2,1H3/b30-28+. The molecular weight excluding hydrogens is 406 g/mol. The normalized spacial score (nSPS) is 15.7. The van der Waals surface area contributed by atoms with Crippen molar-refractivity contribution in [2.24, 2.45) is 4.99 Å². The summed E-state index contributed by atoms with van der Waals surface area (Å²) in [4.78, 5) is 6.76. The maximum Gasteiger partial charge on any atom is 0.221 e. The summed E-state index contributed by atoms with van der Waals surface area (Å²) in [7, 11) is 0. The van der Waals surface area contributed by atoms with Crippen molar-refractivity contribution in [2.45, 2.75) is 38.9 Å². The molecule has 0 unspecified atom stereocenters. The number of hydrogen-bond acceptors (Lipinski definition) is 3. The van der Waals surface area contributed by atoms with E-state index >= 15 is 0 Å². The van der Waals surface area contributed by atoms with Crippen molar-refractivity contribution in [1.29, 1.82) is 5.26 Å². The second-order valence-corrected chi connectivity index (χ2v) is 8.69. The third kappa shape index (κ3) is 4.22. The molecule has 0 saturated carbocycles. The lowest BCUT2D eigenvalue weighted by atomic mass is 10.0. The number of piperidine rings is 1. The van der Waals surface area contributed by atoms with Crippen molar-refractivity contribution >= 4 is 11.0 Å². The van der Waals surface area contributed by atoms with Crippen molar-refractivity contribution < 1.29 is 0 Å². The van der Waals surface area contributed by atoms with Gasteiger partial charge in [-0.1, -0.05) is 66.7 Å². The van der Waals surface area contributed by atoms with Gasteiger partial charge in [0.15, 0.2) is 0 Å². The molecule has 0 amide bonds. The number of nitrogens with zero attached hydrogens (tertiary/aromatic N) is 5. The van der Waals surface area contributed by atoms with Crippen LogP contribution in [0.5, 0.6) is 0 Å². The molecule has 2 heterocycles. The fourth-order valence-corrected chi connectivity index (χ4v) is 5.10. The first-order valence-corrected chi connectivity index (χ1v) is 11.8. The van der Waals surface area contributed by atoms with Crippen LogP contribution in [0.1, 0.15) is 31.4 Å². The Morgan fingerprint density at radius 3 is 2.15 bits per heavy atom. The number of nitriles is 1. The van der Waals surface area contributed by atoms with Gasteiger partial charge >= 0.3 is 0 Å². The highest BCUT2D eigenvalue weighted by atomic mass is 15.2. The third-order valence-corrected chi connectivity index (χ3v) is 6.74. The minimum absolute atomic E-state index is 0.353. The van der Waals surface area contributed by atoms with Crippen molar-refractivity contribution in [1.82, 2.24) is 14.0 Å². The van der Waals surface area contributed by atoms with Crippen LogP contribution in [-0.4, -0.2) is 27.1 Å². The van der Waals surface area contributed by atoms with E-state index < -0.39 is 0 Å². The molecule has 1 aliphatic rings. The average Bonchev–Trinajstić information content (AvgIpc) is 3.19. The van der Waals surface area contributed by atoms with E-state index in [0.29, 0.717) is 6.04 Å². The Bertz CT molecular complexity index is 1330. The zero-order valence-corrected chi connectivity index (χ0v) is 19.1. The van der Waals surface area contributed by atoms with Crippen LogP contribution in [0.3, 0.4) is 0 Å². The summed E-state index contributed by atoms with van der Waals surface area (Å²) < 4.78 is 4.45. The van der Waals surface area contributed by atoms with E-state index in [1.165, 1.54) is 22.2 Å². The van der Waals surface area contributed by atoms with Gasteiger partial charge in [0.1, 0.15) is 0 Å². The number of fused-ring (bicyclic) bond motifs is 1. The second-order valence-electron chi connectivity index (χ2n) is 8.69. The SMILES string of the molecule is CCn1/c(=N\C#N)n(C2CCN(Cc3ccc(-c4ccccc4)cc3)CC2)c2ccccc21. The molecule has 33 heavy (non-hydrogen) atoms. The largest absolute Gasteiger partial charge is 0.310 e. The highest BCUT2D eigenvalue weighted by molar-refractivity contribution is 5.76.